The molecule has 0 aromatic carbocycles. The molecule has 4 nitrogen and oxygen atoms in total. The molecule has 4 unspecified atom stereocenters. The highest BCUT2D eigenvalue weighted by atomic mass is 16.5. The molecule has 0 heterocycles. The molecule has 0 spiro atoms. The molecule has 0 radical (unpaired) electrons. The molecule has 2 aliphatic carbocycles. The minimum absolute atomic E-state index is 0.119. The third kappa shape index (κ3) is 7.67. The number of unbranched alkanes of at least 4 members (excludes halogenated alkanes) is 2. The van der Waals surface area contributed by atoms with E-state index in [1.165, 1.54) is 70.6 Å². The van der Waals surface area contributed by atoms with E-state index in [0.717, 1.165) is 17.8 Å². The van der Waals surface area contributed by atoms with E-state index in [4.69, 9.17) is 14.6 Å². The van der Waals surface area contributed by atoms with Crippen molar-refractivity contribution in [3.8, 4) is 0 Å². The van der Waals surface area contributed by atoms with Gasteiger partial charge in [0.25, 0.3) is 0 Å². The fraction of sp³-hybridized carbons (Fsp3) is 0.885. The fourth-order valence-corrected chi connectivity index (χ4v) is 6.08. The molecule has 30 heavy (non-hydrogen) atoms. The second-order valence-electron chi connectivity index (χ2n) is 10.1. The summed E-state index contributed by atoms with van der Waals surface area (Å²) < 4.78 is 10.9. The quantitative estimate of drug-likeness (QED) is 0.246. The lowest BCUT2D eigenvalue weighted by Crippen LogP contribution is -2.36. The number of rotatable bonds is 12. The summed E-state index contributed by atoms with van der Waals surface area (Å²) in [4.78, 5) is 11.9. The largest absolute Gasteiger partial charge is 0.462 e. The number of esters is 1. The average molecular weight is 423 g/mol. The van der Waals surface area contributed by atoms with E-state index < -0.39 is 5.97 Å². The minimum Gasteiger partial charge on any atom is -0.462 e. The van der Waals surface area contributed by atoms with E-state index in [1.54, 1.807) is 7.11 Å². The van der Waals surface area contributed by atoms with E-state index in [-0.39, 0.29) is 18.1 Å². The standard InChI is InChI=1S/C26H46O4/c1-5-6-7-8-21-9-11-22(12-10-21)23-13-14-25(19(2)15-23)24(17-29-4)18-30-26(28)20(3)16-27/h19,21-25,27H,3,5-18H2,1-2,4H3. The highest BCUT2D eigenvalue weighted by Gasteiger charge is 2.37. The van der Waals surface area contributed by atoms with Gasteiger partial charge in [-0.05, 0) is 61.7 Å². The minimum atomic E-state index is -0.490. The van der Waals surface area contributed by atoms with Gasteiger partial charge in [0.2, 0.25) is 0 Å². The smallest absolute Gasteiger partial charge is 0.335 e. The summed E-state index contributed by atoms with van der Waals surface area (Å²) in [6, 6.07) is 0. The molecule has 174 valence electrons. The molecular weight excluding hydrogens is 376 g/mol. The van der Waals surface area contributed by atoms with Gasteiger partial charge in [-0.2, -0.15) is 0 Å². The highest BCUT2D eigenvalue weighted by molar-refractivity contribution is 5.87. The predicted molar refractivity (Wildman–Crippen MR) is 122 cm³/mol. The SMILES string of the molecule is C=C(CO)C(=O)OCC(COC)C1CCC(C2CCC(CCCCC)CC2)CC1C. The molecular formula is C26H46O4. The Hall–Kier alpha value is -0.870. The monoisotopic (exact) mass is 422 g/mol. The summed E-state index contributed by atoms with van der Waals surface area (Å²) in [5.41, 5.74) is 0.119. The maximum absolute atomic E-state index is 11.9. The Bertz CT molecular complexity index is 509. The maximum Gasteiger partial charge on any atom is 0.335 e. The van der Waals surface area contributed by atoms with E-state index in [9.17, 15) is 4.79 Å². The Balaban J connectivity index is 1.80. The second-order valence-corrected chi connectivity index (χ2v) is 10.1. The van der Waals surface area contributed by atoms with Gasteiger partial charge in [0.1, 0.15) is 0 Å². The Morgan fingerprint density at radius 3 is 2.37 bits per heavy atom. The summed E-state index contributed by atoms with van der Waals surface area (Å²) in [7, 11) is 1.72. The van der Waals surface area contributed by atoms with Crippen LogP contribution in [0, 0.1) is 35.5 Å². The van der Waals surface area contributed by atoms with Crippen molar-refractivity contribution in [2.75, 3.05) is 26.9 Å². The fourth-order valence-electron chi connectivity index (χ4n) is 6.08. The normalized spacial score (nSPS) is 30.6. The molecule has 0 amide bonds. The van der Waals surface area contributed by atoms with Crippen molar-refractivity contribution in [1.29, 1.82) is 0 Å². The van der Waals surface area contributed by atoms with E-state index in [1.807, 2.05) is 0 Å². The second kappa shape index (κ2) is 13.5. The zero-order chi connectivity index (χ0) is 21.9. The summed E-state index contributed by atoms with van der Waals surface area (Å²) in [6.45, 7) is 8.85. The van der Waals surface area contributed by atoms with Gasteiger partial charge in [0, 0.05) is 13.0 Å². The van der Waals surface area contributed by atoms with Crippen LogP contribution in [0.2, 0.25) is 0 Å². The molecule has 2 fully saturated rings. The number of hydrogen-bond donors (Lipinski definition) is 1. The predicted octanol–water partition coefficient (Wildman–Crippen LogP) is 5.78. The van der Waals surface area contributed by atoms with Gasteiger partial charge in [-0.25, -0.2) is 4.79 Å². The molecule has 0 aliphatic heterocycles. The third-order valence-electron chi connectivity index (χ3n) is 7.94. The van der Waals surface area contributed by atoms with Crippen LogP contribution in [0.3, 0.4) is 0 Å². The van der Waals surface area contributed by atoms with Gasteiger partial charge < -0.3 is 14.6 Å². The number of ether oxygens (including phenoxy) is 2. The molecule has 4 heteroatoms. The van der Waals surface area contributed by atoms with Gasteiger partial charge in [0.15, 0.2) is 0 Å². The van der Waals surface area contributed by atoms with Crippen LogP contribution in [0.1, 0.15) is 84.5 Å². The molecule has 0 aromatic heterocycles. The molecule has 1 N–H and O–H groups in total. The van der Waals surface area contributed by atoms with Gasteiger partial charge in [-0.3, -0.25) is 0 Å². The van der Waals surface area contributed by atoms with Crippen molar-refractivity contribution in [3.63, 3.8) is 0 Å². The Labute approximate surface area is 184 Å². The Morgan fingerprint density at radius 2 is 1.77 bits per heavy atom. The Morgan fingerprint density at radius 1 is 1.07 bits per heavy atom. The number of aliphatic hydroxyl groups is 1. The molecule has 2 saturated carbocycles. The molecule has 2 rings (SSSR count). The number of carbonyl (C=O) groups excluding carboxylic acids is 1. The maximum atomic E-state index is 11.9. The van der Waals surface area contributed by atoms with Gasteiger partial charge in [0.05, 0.1) is 25.4 Å². The van der Waals surface area contributed by atoms with Crippen LogP contribution in [0.15, 0.2) is 12.2 Å². The number of methoxy groups -OCH3 is 1. The van der Waals surface area contributed by atoms with Crippen molar-refractivity contribution in [2.45, 2.75) is 84.5 Å². The lowest BCUT2D eigenvalue weighted by atomic mass is 9.63. The lowest BCUT2D eigenvalue weighted by molar-refractivity contribution is -0.142. The van der Waals surface area contributed by atoms with Gasteiger partial charge in [-0.1, -0.05) is 59.0 Å². The first-order valence-corrected chi connectivity index (χ1v) is 12.4. The van der Waals surface area contributed by atoms with Crippen molar-refractivity contribution >= 4 is 5.97 Å². The summed E-state index contributed by atoms with van der Waals surface area (Å²) in [5, 5.41) is 9.06. The van der Waals surface area contributed by atoms with Crippen LogP contribution >= 0.6 is 0 Å². The number of carbonyl (C=O) groups is 1. The zero-order valence-electron chi connectivity index (χ0n) is 19.7. The van der Waals surface area contributed by atoms with Crippen molar-refractivity contribution in [1.82, 2.24) is 0 Å². The van der Waals surface area contributed by atoms with Gasteiger partial charge in [-0.15, -0.1) is 0 Å². The average Bonchev–Trinajstić information content (AvgIpc) is 2.76. The van der Waals surface area contributed by atoms with Crippen LogP contribution in [0.5, 0.6) is 0 Å². The van der Waals surface area contributed by atoms with Crippen molar-refractivity contribution < 1.29 is 19.4 Å². The van der Waals surface area contributed by atoms with Crippen LogP contribution < -0.4 is 0 Å². The number of aliphatic hydroxyl groups excluding tert-OH is 1. The molecule has 0 aromatic rings. The highest BCUT2D eigenvalue weighted by Crippen LogP contribution is 2.46. The van der Waals surface area contributed by atoms with Crippen molar-refractivity contribution in [2.24, 2.45) is 35.5 Å². The first-order chi connectivity index (χ1) is 14.5. The van der Waals surface area contributed by atoms with Crippen LogP contribution in [0.25, 0.3) is 0 Å². The van der Waals surface area contributed by atoms with Gasteiger partial charge >= 0.3 is 5.97 Å². The number of hydrogen-bond acceptors (Lipinski definition) is 4. The summed E-state index contributed by atoms with van der Waals surface area (Å²) >= 11 is 0. The van der Waals surface area contributed by atoms with Crippen LogP contribution in [0.4, 0.5) is 0 Å². The van der Waals surface area contributed by atoms with E-state index in [2.05, 4.69) is 20.4 Å². The topological polar surface area (TPSA) is 55.8 Å². The molecule has 0 saturated heterocycles. The van der Waals surface area contributed by atoms with Crippen molar-refractivity contribution in [3.05, 3.63) is 12.2 Å². The summed E-state index contributed by atoms with van der Waals surface area (Å²) in [6.07, 6.45) is 15.2. The zero-order valence-corrected chi connectivity index (χ0v) is 19.7. The van der Waals surface area contributed by atoms with E-state index in [0.29, 0.717) is 25.0 Å². The first kappa shape index (κ1) is 25.4. The van der Waals surface area contributed by atoms with Crippen LogP contribution in [-0.2, 0) is 14.3 Å². The first-order valence-electron chi connectivity index (χ1n) is 12.4. The third-order valence-corrected chi connectivity index (χ3v) is 7.94. The van der Waals surface area contributed by atoms with Crippen LogP contribution in [-0.4, -0.2) is 38.0 Å². The Kier molecular flexibility index (Phi) is 11.4. The lowest BCUT2D eigenvalue weighted by Gasteiger charge is -2.43. The molecule has 2 aliphatic rings. The molecule has 0 bridgehead atoms. The van der Waals surface area contributed by atoms with E-state index >= 15 is 0 Å². The summed E-state index contributed by atoms with van der Waals surface area (Å²) in [5.74, 6) is 3.66. The molecule has 4 atom stereocenters.